The molecular formula is C10H13N3O. The van der Waals surface area contributed by atoms with E-state index in [4.69, 9.17) is 5.73 Å². The molecule has 1 aliphatic rings. The maximum absolute atomic E-state index is 11.9. The Labute approximate surface area is 82.6 Å². The smallest absolute Gasteiger partial charge is 0.169 e. The lowest BCUT2D eigenvalue weighted by Crippen LogP contribution is -2.18. The van der Waals surface area contributed by atoms with E-state index in [-0.39, 0.29) is 17.7 Å². The van der Waals surface area contributed by atoms with Gasteiger partial charge in [0, 0.05) is 24.4 Å². The van der Waals surface area contributed by atoms with Gasteiger partial charge in [-0.3, -0.25) is 4.79 Å². The number of hydrogen-bond donors (Lipinski definition) is 1. The van der Waals surface area contributed by atoms with Crippen molar-refractivity contribution in [2.75, 3.05) is 0 Å². The predicted octanol–water partition coefficient (Wildman–Crippen LogP) is 0.787. The van der Waals surface area contributed by atoms with Crippen LogP contribution >= 0.6 is 0 Å². The van der Waals surface area contributed by atoms with Crippen LogP contribution in [0.4, 0.5) is 0 Å². The number of nitrogens with two attached hydrogens (primary N) is 1. The summed E-state index contributed by atoms with van der Waals surface area (Å²) in [5.41, 5.74) is 6.36. The van der Waals surface area contributed by atoms with Crippen molar-refractivity contribution in [1.29, 1.82) is 0 Å². The third-order valence-corrected chi connectivity index (χ3v) is 2.69. The number of carbonyl (C=O) groups excluding carboxylic acids is 1. The molecule has 0 bridgehead atoms. The Morgan fingerprint density at radius 1 is 1.36 bits per heavy atom. The van der Waals surface area contributed by atoms with Gasteiger partial charge in [-0.05, 0) is 19.3 Å². The Hall–Kier alpha value is -1.29. The van der Waals surface area contributed by atoms with Gasteiger partial charge in [0.05, 0.1) is 5.56 Å². The molecule has 4 nitrogen and oxygen atoms in total. The molecule has 0 aromatic carbocycles. The highest BCUT2D eigenvalue weighted by Crippen LogP contribution is 2.26. The second kappa shape index (κ2) is 3.84. The summed E-state index contributed by atoms with van der Waals surface area (Å²) < 4.78 is 0. The van der Waals surface area contributed by atoms with Crippen molar-refractivity contribution in [3.05, 3.63) is 24.3 Å². The molecule has 1 aromatic heterocycles. The van der Waals surface area contributed by atoms with Gasteiger partial charge in [0.1, 0.15) is 6.33 Å². The molecule has 14 heavy (non-hydrogen) atoms. The van der Waals surface area contributed by atoms with Crippen LogP contribution < -0.4 is 5.73 Å². The van der Waals surface area contributed by atoms with Gasteiger partial charge in [0.2, 0.25) is 0 Å². The molecule has 2 rings (SSSR count). The van der Waals surface area contributed by atoms with Crippen molar-refractivity contribution in [3.8, 4) is 0 Å². The van der Waals surface area contributed by atoms with Crippen LogP contribution in [0.3, 0.4) is 0 Å². The number of nitrogens with zero attached hydrogens (tertiary/aromatic N) is 2. The molecule has 2 N–H and O–H groups in total. The first kappa shape index (κ1) is 9.27. The van der Waals surface area contributed by atoms with E-state index in [2.05, 4.69) is 9.97 Å². The highest BCUT2D eigenvalue weighted by Gasteiger charge is 2.28. The molecule has 2 atom stereocenters. The molecule has 0 aliphatic heterocycles. The number of hydrogen-bond acceptors (Lipinski definition) is 4. The summed E-state index contributed by atoms with van der Waals surface area (Å²) in [6, 6.07) is 0.189. The first-order valence-corrected chi connectivity index (χ1v) is 4.82. The predicted molar refractivity (Wildman–Crippen MR) is 51.7 cm³/mol. The van der Waals surface area contributed by atoms with Crippen LogP contribution in [0.5, 0.6) is 0 Å². The van der Waals surface area contributed by atoms with Crippen molar-refractivity contribution < 1.29 is 4.79 Å². The van der Waals surface area contributed by atoms with Crippen molar-refractivity contribution in [3.63, 3.8) is 0 Å². The van der Waals surface area contributed by atoms with Gasteiger partial charge in [-0.15, -0.1) is 0 Å². The van der Waals surface area contributed by atoms with E-state index in [1.54, 1.807) is 12.4 Å². The summed E-state index contributed by atoms with van der Waals surface area (Å²) in [4.78, 5) is 19.5. The molecule has 2 unspecified atom stereocenters. The third kappa shape index (κ3) is 1.80. The molecule has 1 aromatic rings. The van der Waals surface area contributed by atoms with Crippen LogP contribution in [-0.4, -0.2) is 21.8 Å². The van der Waals surface area contributed by atoms with Gasteiger partial charge in [-0.1, -0.05) is 0 Å². The summed E-state index contributed by atoms with van der Waals surface area (Å²) in [7, 11) is 0. The lowest BCUT2D eigenvalue weighted by atomic mass is 9.98. The van der Waals surface area contributed by atoms with Crippen molar-refractivity contribution in [2.24, 2.45) is 11.7 Å². The number of ketones is 1. The minimum Gasteiger partial charge on any atom is -0.328 e. The molecule has 0 radical (unpaired) electrons. The quantitative estimate of drug-likeness (QED) is 0.701. The maximum atomic E-state index is 11.9. The van der Waals surface area contributed by atoms with Gasteiger partial charge in [0.25, 0.3) is 0 Å². The Balaban J connectivity index is 2.10. The molecule has 4 heteroatoms. The van der Waals surface area contributed by atoms with Gasteiger partial charge in [-0.2, -0.15) is 0 Å². The second-order valence-electron chi connectivity index (χ2n) is 3.76. The first-order chi connectivity index (χ1) is 6.77. The van der Waals surface area contributed by atoms with Crippen LogP contribution in [0.1, 0.15) is 29.6 Å². The standard InChI is InChI=1S/C10H13N3O/c11-9-2-1-7(3-9)10(14)8-4-12-6-13-5-8/h4-7,9H,1-3,11H2. The summed E-state index contributed by atoms with van der Waals surface area (Å²) in [5.74, 6) is 0.217. The summed E-state index contributed by atoms with van der Waals surface area (Å²) >= 11 is 0. The molecule has 0 saturated heterocycles. The zero-order valence-corrected chi connectivity index (χ0v) is 7.89. The highest BCUT2D eigenvalue weighted by atomic mass is 16.1. The Morgan fingerprint density at radius 3 is 2.64 bits per heavy atom. The molecule has 1 saturated carbocycles. The fourth-order valence-electron chi connectivity index (χ4n) is 1.92. The van der Waals surface area contributed by atoms with Crippen LogP contribution in [0.2, 0.25) is 0 Å². The van der Waals surface area contributed by atoms with Crippen molar-refractivity contribution in [1.82, 2.24) is 9.97 Å². The highest BCUT2D eigenvalue weighted by molar-refractivity contribution is 5.97. The minimum atomic E-state index is 0.0796. The van der Waals surface area contributed by atoms with E-state index in [0.29, 0.717) is 5.56 Å². The van der Waals surface area contributed by atoms with Gasteiger partial charge >= 0.3 is 0 Å². The number of carbonyl (C=O) groups is 1. The molecule has 0 amide bonds. The Kier molecular flexibility index (Phi) is 2.54. The fraction of sp³-hybridized carbons (Fsp3) is 0.500. The molecule has 74 valence electrons. The monoisotopic (exact) mass is 191 g/mol. The van der Waals surface area contributed by atoms with E-state index >= 15 is 0 Å². The van der Waals surface area contributed by atoms with Crippen LogP contribution in [0.15, 0.2) is 18.7 Å². The van der Waals surface area contributed by atoms with Gasteiger partial charge < -0.3 is 5.73 Å². The number of rotatable bonds is 2. The minimum absolute atomic E-state index is 0.0796. The topological polar surface area (TPSA) is 68.9 Å². The summed E-state index contributed by atoms with van der Waals surface area (Å²) in [6.45, 7) is 0. The molecule has 1 fully saturated rings. The van der Waals surface area contributed by atoms with Crippen molar-refractivity contribution in [2.45, 2.75) is 25.3 Å². The largest absolute Gasteiger partial charge is 0.328 e. The number of aromatic nitrogens is 2. The third-order valence-electron chi connectivity index (χ3n) is 2.69. The van der Waals surface area contributed by atoms with Crippen LogP contribution in [-0.2, 0) is 0 Å². The summed E-state index contributed by atoms with van der Waals surface area (Å²) in [6.07, 6.45) is 7.21. The SMILES string of the molecule is NC1CCC(C(=O)c2cncnc2)C1. The van der Waals surface area contributed by atoms with E-state index in [9.17, 15) is 4.79 Å². The molecule has 1 aliphatic carbocycles. The lowest BCUT2D eigenvalue weighted by molar-refractivity contribution is 0.0921. The molecule has 0 spiro atoms. The van der Waals surface area contributed by atoms with E-state index in [0.717, 1.165) is 19.3 Å². The van der Waals surface area contributed by atoms with E-state index in [1.165, 1.54) is 6.33 Å². The zero-order chi connectivity index (χ0) is 9.97. The van der Waals surface area contributed by atoms with E-state index in [1.807, 2.05) is 0 Å². The summed E-state index contributed by atoms with van der Waals surface area (Å²) in [5, 5.41) is 0. The maximum Gasteiger partial charge on any atom is 0.169 e. The zero-order valence-electron chi connectivity index (χ0n) is 7.89. The Morgan fingerprint density at radius 2 is 2.07 bits per heavy atom. The fourth-order valence-corrected chi connectivity index (χ4v) is 1.92. The van der Waals surface area contributed by atoms with Crippen LogP contribution in [0, 0.1) is 5.92 Å². The lowest BCUT2D eigenvalue weighted by Gasteiger charge is -2.06. The molecular weight excluding hydrogens is 178 g/mol. The van der Waals surface area contributed by atoms with Gasteiger partial charge in [0.15, 0.2) is 5.78 Å². The Bertz CT molecular complexity index is 325. The first-order valence-electron chi connectivity index (χ1n) is 4.82. The number of Topliss-reactive ketones (excluding diaryl/α,β-unsaturated/α-hetero) is 1. The molecule has 1 heterocycles. The average molecular weight is 191 g/mol. The average Bonchev–Trinajstić information content (AvgIpc) is 2.65. The second-order valence-corrected chi connectivity index (χ2v) is 3.76. The van der Waals surface area contributed by atoms with Gasteiger partial charge in [-0.25, -0.2) is 9.97 Å². The van der Waals surface area contributed by atoms with Crippen LogP contribution in [0.25, 0.3) is 0 Å². The normalized spacial score (nSPS) is 26.4. The van der Waals surface area contributed by atoms with Crippen molar-refractivity contribution >= 4 is 5.78 Å². The van der Waals surface area contributed by atoms with E-state index < -0.39 is 0 Å².